The van der Waals surface area contributed by atoms with Gasteiger partial charge in [-0.05, 0) is 51.0 Å². The molecule has 3 aromatic rings. The molecule has 3 rings (SSSR count). The maximum atomic E-state index is 13.1. The number of aromatic nitrogens is 2. The highest BCUT2D eigenvalue weighted by Gasteiger charge is 2.19. The zero-order valence-electron chi connectivity index (χ0n) is 25.9. The number of imidazole rings is 1. The SMILES string of the molecule is CCCCCCCCCCCCCCCCCCn1c(C(C)NC(=O)c2ccc(C)cc2C)nc2ccccc21. The smallest absolute Gasteiger partial charge is 0.252 e. The second kappa shape index (κ2) is 17.9. The molecule has 4 nitrogen and oxygen atoms in total. The van der Waals surface area contributed by atoms with Gasteiger partial charge in [0.15, 0.2) is 0 Å². The summed E-state index contributed by atoms with van der Waals surface area (Å²) in [4.78, 5) is 18.0. The topological polar surface area (TPSA) is 46.9 Å². The Balaban J connectivity index is 1.37. The molecule has 1 atom stereocenters. The van der Waals surface area contributed by atoms with Crippen LogP contribution >= 0.6 is 0 Å². The Morgan fingerprint density at radius 1 is 0.775 bits per heavy atom. The van der Waals surface area contributed by atoms with Crippen LogP contribution in [0.1, 0.15) is 150 Å². The van der Waals surface area contributed by atoms with E-state index in [4.69, 9.17) is 4.98 Å². The molecule has 0 spiro atoms. The summed E-state index contributed by atoms with van der Waals surface area (Å²) in [6.45, 7) is 9.33. The highest BCUT2D eigenvalue weighted by Crippen LogP contribution is 2.23. The summed E-state index contributed by atoms with van der Waals surface area (Å²) in [5.41, 5.74) is 5.07. The third kappa shape index (κ3) is 10.4. The molecular formula is C36H55N3O. The number of hydrogen-bond donors (Lipinski definition) is 1. The van der Waals surface area contributed by atoms with Gasteiger partial charge in [0.05, 0.1) is 17.1 Å². The van der Waals surface area contributed by atoms with Crippen molar-refractivity contribution in [3.8, 4) is 0 Å². The molecule has 2 aromatic carbocycles. The number of fused-ring (bicyclic) bond motifs is 1. The average molecular weight is 546 g/mol. The van der Waals surface area contributed by atoms with E-state index in [1.165, 1.54) is 102 Å². The fourth-order valence-corrected chi connectivity index (χ4v) is 5.89. The number of amides is 1. The minimum absolute atomic E-state index is 0.0361. The molecule has 1 N–H and O–H groups in total. The van der Waals surface area contributed by atoms with Gasteiger partial charge >= 0.3 is 0 Å². The first-order valence-corrected chi connectivity index (χ1v) is 16.3. The number of hydrogen-bond acceptors (Lipinski definition) is 2. The molecule has 0 aliphatic carbocycles. The number of carbonyl (C=O) groups is 1. The van der Waals surface area contributed by atoms with Gasteiger partial charge in [-0.3, -0.25) is 4.79 Å². The van der Waals surface area contributed by atoms with E-state index in [0.717, 1.165) is 41.0 Å². The van der Waals surface area contributed by atoms with Crippen LogP contribution in [0.25, 0.3) is 11.0 Å². The van der Waals surface area contributed by atoms with Crippen molar-refractivity contribution < 1.29 is 4.79 Å². The van der Waals surface area contributed by atoms with Crippen LogP contribution in [0.2, 0.25) is 0 Å². The van der Waals surface area contributed by atoms with Crippen LogP contribution in [0.4, 0.5) is 0 Å². The molecule has 0 saturated heterocycles. The molecule has 1 amide bonds. The zero-order chi connectivity index (χ0) is 28.6. The van der Waals surface area contributed by atoms with Gasteiger partial charge in [0, 0.05) is 12.1 Å². The van der Waals surface area contributed by atoms with Gasteiger partial charge in [-0.15, -0.1) is 0 Å². The minimum Gasteiger partial charge on any atom is -0.342 e. The monoisotopic (exact) mass is 545 g/mol. The van der Waals surface area contributed by atoms with Gasteiger partial charge in [-0.25, -0.2) is 4.98 Å². The number of nitrogens with zero attached hydrogens (tertiary/aromatic N) is 2. The van der Waals surface area contributed by atoms with Gasteiger partial charge in [0.1, 0.15) is 5.82 Å². The van der Waals surface area contributed by atoms with Crippen LogP contribution in [0.3, 0.4) is 0 Å². The van der Waals surface area contributed by atoms with E-state index in [9.17, 15) is 4.79 Å². The molecule has 0 radical (unpaired) electrons. The summed E-state index contributed by atoms with van der Waals surface area (Å²) in [5.74, 6) is 0.909. The molecule has 220 valence electrons. The van der Waals surface area contributed by atoms with E-state index in [-0.39, 0.29) is 11.9 Å². The first-order chi connectivity index (χ1) is 19.5. The Labute approximate surface area is 244 Å². The lowest BCUT2D eigenvalue weighted by Gasteiger charge is -2.17. The Kier molecular flexibility index (Phi) is 14.3. The Morgan fingerprint density at radius 2 is 1.32 bits per heavy atom. The molecule has 0 bridgehead atoms. The minimum atomic E-state index is -0.165. The summed E-state index contributed by atoms with van der Waals surface area (Å²) >= 11 is 0. The van der Waals surface area contributed by atoms with E-state index < -0.39 is 0 Å². The maximum Gasteiger partial charge on any atom is 0.252 e. The Hall–Kier alpha value is -2.62. The van der Waals surface area contributed by atoms with Crippen molar-refractivity contribution in [2.75, 3.05) is 0 Å². The highest BCUT2D eigenvalue weighted by atomic mass is 16.1. The molecule has 0 aliphatic heterocycles. The van der Waals surface area contributed by atoms with Crippen LogP contribution in [-0.4, -0.2) is 15.5 Å². The quantitative estimate of drug-likeness (QED) is 0.144. The Morgan fingerprint density at radius 3 is 1.90 bits per heavy atom. The first-order valence-electron chi connectivity index (χ1n) is 16.3. The highest BCUT2D eigenvalue weighted by molar-refractivity contribution is 5.96. The fraction of sp³-hybridized carbons (Fsp3) is 0.611. The number of aryl methyl sites for hydroxylation is 3. The lowest BCUT2D eigenvalue weighted by molar-refractivity contribution is 0.0937. The van der Waals surface area contributed by atoms with Crippen molar-refractivity contribution in [3.05, 3.63) is 65.0 Å². The fourth-order valence-electron chi connectivity index (χ4n) is 5.89. The molecular weight excluding hydrogens is 490 g/mol. The number of rotatable bonds is 20. The van der Waals surface area contributed by atoms with E-state index in [2.05, 4.69) is 48.0 Å². The second-order valence-electron chi connectivity index (χ2n) is 11.9. The first kappa shape index (κ1) is 31.9. The third-order valence-corrected chi connectivity index (χ3v) is 8.28. The van der Waals surface area contributed by atoms with Crippen molar-refractivity contribution in [1.29, 1.82) is 0 Å². The average Bonchev–Trinajstić information content (AvgIpc) is 3.31. The molecule has 40 heavy (non-hydrogen) atoms. The molecule has 1 heterocycles. The van der Waals surface area contributed by atoms with E-state index in [0.29, 0.717) is 0 Å². The molecule has 1 unspecified atom stereocenters. The lowest BCUT2D eigenvalue weighted by atomic mass is 10.0. The second-order valence-corrected chi connectivity index (χ2v) is 11.9. The number of carbonyl (C=O) groups excluding carboxylic acids is 1. The van der Waals surface area contributed by atoms with Crippen molar-refractivity contribution in [3.63, 3.8) is 0 Å². The predicted molar refractivity (Wildman–Crippen MR) is 171 cm³/mol. The summed E-state index contributed by atoms with van der Waals surface area (Å²) in [6.07, 6.45) is 22.0. The largest absolute Gasteiger partial charge is 0.342 e. The van der Waals surface area contributed by atoms with Crippen LogP contribution in [-0.2, 0) is 6.54 Å². The number of para-hydroxylation sites is 2. The summed E-state index contributed by atoms with van der Waals surface area (Å²) < 4.78 is 2.33. The van der Waals surface area contributed by atoms with Crippen LogP contribution in [0, 0.1) is 13.8 Å². The van der Waals surface area contributed by atoms with Gasteiger partial charge < -0.3 is 9.88 Å². The van der Waals surface area contributed by atoms with Crippen molar-refractivity contribution in [2.45, 2.75) is 143 Å². The Bertz CT molecular complexity index is 1150. The summed E-state index contributed by atoms with van der Waals surface area (Å²) in [5, 5.41) is 3.21. The molecule has 4 heteroatoms. The van der Waals surface area contributed by atoms with Crippen LogP contribution < -0.4 is 5.32 Å². The third-order valence-electron chi connectivity index (χ3n) is 8.28. The summed E-state index contributed by atoms with van der Waals surface area (Å²) in [7, 11) is 0. The number of nitrogens with one attached hydrogen (secondary N) is 1. The maximum absolute atomic E-state index is 13.1. The van der Waals surface area contributed by atoms with Gasteiger partial charge in [-0.1, -0.05) is 133 Å². The number of unbranched alkanes of at least 4 members (excludes halogenated alkanes) is 15. The normalized spacial score (nSPS) is 12.2. The van der Waals surface area contributed by atoms with E-state index in [1.807, 2.05) is 32.0 Å². The van der Waals surface area contributed by atoms with Gasteiger partial charge in [0.25, 0.3) is 5.91 Å². The molecule has 1 aromatic heterocycles. The standard InChI is InChI=1S/C36H55N3O/c1-5-6-7-8-9-10-11-12-13-14-15-16-17-18-19-22-27-39-34-24-21-20-23-33(34)38-35(39)31(4)37-36(40)32-26-25-29(2)28-30(32)3/h20-21,23-26,28,31H,5-19,22,27H2,1-4H3,(H,37,40). The molecule has 0 aliphatic rings. The van der Waals surface area contributed by atoms with E-state index >= 15 is 0 Å². The van der Waals surface area contributed by atoms with Crippen LogP contribution in [0.5, 0.6) is 0 Å². The number of benzene rings is 2. The molecule has 0 saturated carbocycles. The molecule has 0 fully saturated rings. The van der Waals surface area contributed by atoms with Crippen molar-refractivity contribution >= 4 is 16.9 Å². The van der Waals surface area contributed by atoms with Crippen LogP contribution in [0.15, 0.2) is 42.5 Å². The van der Waals surface area contributed by atoms with E-state index in [1.54, 1.807) is 0 Å². The van der Waals surface area contributed by atoms with Crippen molar-refractivity contribution in [2.24, 2.45) is 0 Å². The lowest BCUT2D eigenvalue weighted by Crippen LogP contribution is -2.29. The zero-order valence-corrected chi connectivity index (χ0v) is 25.9. The summed E-state index contributed by atoms with van der Waals surface area (Å²) in [6, 6.07) is 14.2. The van der Waals surface area contributed by atoms with Gasteiger partial charge in [0.2, 0.25) is 0 Å². The predicted octanol–water partition coefficient (Wildman–Crippen LogP) is 10.4. The van der Waals surface area contributed by atoms with Gasteiger partial charge in [-0.2, -0.15) is 0 Å². The van der Waals surface area contributed by atoms with Crippen molar-refractivity contribution in [1.82, 2.24) is 14.9 Å².